The molecule has 0 aliphatic heterocycles. The average molecular weight is 227 g/mol. The summed E-state index contributed by atoms with van der Waals surface area (Å²) in [5.41, 5.74) is 0.420. The third-order valence-corrected chi connectivity index (χ3v) is 4.68. The molecule has 0 amide bonds. The van der Waals surface area contributed by atoms with Gasteiger partial charge in [-0.15, -0.1) is 0 Å². The van der Waals surface area contributed by atoms with Crippen molar-refractivity contribution in [2.45, 2.75) is 71.3 Å². The lowest BCUT2D eigenvalue weighted by atomic mass is 9.79. The van der Waals surface area contributed by atoms with Crippen molar-refractivity contribution in [1.29, 1.82) is 0 Å². The van der Waals surface area contributed by atoms with Gasteiger partial charge in [-0.25, -0.2) is 0 Å². The number of aliphatic hydroxyl groups is 1. The molecule has 0 bridgehead atoms. The summed E-state index contributed by atoms with van der Waals surface area (Å²) in [6.45, 7) is 7.99. The van der Waals surface area contributed by atoms with E-state index in [1.807, 2.05) is 0 Å². The highest BCUT2D eigenvalue weighted by molar-refractivity contribution is 4.89. The van der Waals surface area contributed by atoms with Crippen LogP contribution < -0.4 is 5.32 Å². The number of nitrogens with one attached hydrogen (secondary N) is 1. The zero-order valence-corrected chi connectivity index (χ0v) is 11.3. The van der Waals surface area contributed by atoms with Gasteiger partial charge in [0.1, 0.15) is 0 Å². The molecule has 0 unspecified atom stereocenters. The summed E-state index contributed by atoms with van der Waals surface area (Å²) in [4.78, 5) is 0. The Hall–Kier alpha value is -0.0800. The van der Waals surface area contributed by atoms with Gasteiger partial charge < -0.3 is 10.4 Å². The van der Waals surface area contributed by atoms with Crippen LogP contribution in [-0.4, -0.2) is 23.8 Å². The molecule has 0 atom stereocenters. The summed E-state index contributed by atoms with van der Waals surface area (Å²) in [6.07, 6.45) is 8.81. The molecule has 2 N–H and O–H groups in total. The van der Waals surface area contributed by atoms with Crippen LogP contribution in [0, 0.1) is 5.41 Å². The SMILES string of the molecule is CCC(CC)(CO)CNC1(C)CCCCC1. The van der Waals surface area contributed by atoms with E-state index in [2.05, 4.69) is 26.1 Å². The minimum Gasteiger partial charge on any atom is -0.396 e. The van der Waals surface area contributed by atoms with E-state index in [0.29, 0.717) is 12.1 Å². The van der Waals surface area contributed by atoms with Crippen LogP contribution in [0.15, 0.2) is 0 Å². The van der Waals surface area contributed by atoms with Crippen LogP contribution in [0.4, 0.5) is 0 Å². The van der Waals surface area contributed by atoms with Crippen LogP contribution in [0.1, 0.15) is 65.7 Å². The Morgan fingerprint density at radius 3 is 2.12 bits per heavy atom. The summed E-state index contributed by atoms with van der Waals surface area (Å²) >= 11 is 0. The highest BCUT2D eigenvalue weighted by Gasteiger charge is 2.31. The highest BCUT2D eigenvalue weighted by Crippen LogP contribution is 2.30. The lowest BCUT2D eigenvalue weighted by molar-refractivity contribution is 0.0962. The minimum absolute atomic E-state index is 0.0977. The molecule has 0 saturated heterocycles. The van der Waals surface area contributed by atoms with Gasteiger partial charge in [-0.05, 0) is 32.6 Å². The van der Waals surface area contributed by atoms with Gasteiger partial charge in [-0.1, -0.05) is 33.1 Å². The molecular formula is C14H29NO. The predicted octanol–water partition coefficient (Wildman–Crippen LogP) is 3.10. The molecule has 96 valence electrons. The lowest BCUT2D eigenvalue weighted by Gasteiger charge is -2.39. The molecule has 16 heavy (non-hydrogen) atoms. The average Bonchev–Trinajstić information content (AvgIpc) is 2.33. The summed E-state index contributed by atoms with van der Waals surface area (Å²) in [5, 5.41) is 13.3. The van der Waals surface area contributed by atoms with Crippen LogP contribution >= 0.6 is 0 Å². The van der Waals surface area contributed by atoms with Crippen molar-refractivity contribution < 1.29 is 5.11 Å². The molecule has 0 aromatic carbocycles. The van der Waals surface area contributed by atoms with E-state index in [-0.39, 0.29) is 5.41 Å². The van der Waals surface area contributed by atoms with Crippen LogP contribution in [-0.2, 0) is 0 Å². The van der Waals surface area contributed by atoms with Crippen molar-refractivity contribution >= 4 is 0 Å². The van der Waals surface area contributed by atoms with Crippen LogP contribution in [0.5, 0.6) is 0 Å². The zero-order valence-electron chi connectivity index (χ0n) is 11.3. The molecule has 0 aromatic rings. The van der Waals surface area contributed by atoms with Crippen molar-refractivity contribution in [2.75, 3.05) is 13.2 Å². The Bertz CT molecular complexity index is 185. The standard InChI is InChI=1S/C14H29NO/c1-4-14(5-2,12-16)11-15-13(3)9-7-6-8-10-13/h15-16H,4-12H2,1-3H3. The first-order chi connectivity index (χ1) is 7.60. The molecule has 0 radical (unpaired) electrons. The molecule has 0 spiro atoms. The fraction of sp³-hybridized carbons (Fsp3) is 1.00. The number of aliphatic hydroxyl groups excluding tert-OH is 1. The summed E-state index contributed by atoms with van der Waals surface area (Å²) in [7, 11) is 0. The maximum absolute atomic E-state index is 9.55. The van der Waals surface area contributed by atoms with Crippen molar-refractivity contribution in [1.82, 2.24) is 5.32 Å². The monoisotopic (exact) mass is 227 g/mol. The Labute approximate surface area is 101 Å². The van der Waals surface area contributed by atoms with Crippen LogP contribution in [0.2, 0.25) is 0 Å². The van der Waals surface area contributed by atoms with Gasteiger partial charge in [0, 0.05) is 24.1 Å². The number of hydrogen-bond acceptors (Lipinski definition) is 2. The third-order valence-electron chi connectivity index (χ3n) is 4.68. The number of hydrogen-bond donors (Lipinski definition) is 2. The Morgan fingerprint density at radius 1 is 1.12 bits per heavy atom. The fourth-order valence-corrected chi connectivity index (χ4v) is 2.69. The fourth-order valence-electron chi connectivity index (χ4n) is 2.69. The van der Waals surface area contributed by atoms with Crippen molar-refractivity contribution in [3.8, 4) is 0 Å². The molecule has 2 nitrogen and oxygen atoms in total. The van der Waals surface area contributed by atoms with Gasteiger partial charge in [0.25, 0.3) is 0 Å². The Morgan fingerprint density at radius 2 is 1.69 bits per heavy atom. The van der Waals surface area contributed by atoms with Gasteiger partial charge in [-0.2, -0.15) is 0 Å². The largest absolute Gasteiger partial charge is 0.396 e. The maximum Gasteiger partial charge on any atom is 0.0499 e. The minimum atomic E-state index is 0.0977. The van der Waals surface area contributed by atoms with Crippen LogP contribution in [0.25, 0.3) is 0 Å². The highest BCUT2D eigenvalue weighted by atomic mass is 16.3. The van der Waals surface area contributed by atoms with E-state index in [9.17, 15) is 5.11 Å². The molecular weight excluding hydrogens is 198 g/mol. The molecule has 1 fully saturated rings. The van der Waals surface area contributed by atoms with E-state index in [0.717, 1.165) is 19.4 Å². The van der Waals surface area contributed by atoms with Gasteiger partial charge in [-0.3, -0.25) is 0 Å². The van der Waals surface area contributed by atoms with Crippen LogP contribution in [0.3, 0.4) is 0 Å². The maximum atomic E-state index is 9.55. The van der Waals surface area contributed by atoms with Gasteiger partial charge in [0.2, 0.25) is 0 Å². The van der Waals surface area contributed by atoms with E-state index >= 15 is 0 Å². The molecule has 1 saturated carbocycles. The van der Waals surface area contributed by atoms with E-state index in [1.54, 1.807) is 0 Å². The molecule has 0 aromatic heterocycles. The van der Waals surface area contributed by atoms with Crippen molar-refractivity contribution in [3.63, 3.8) is 0 Å². The van der Waals surface area contributed by atoms with E-state index < -0.39 is 0 Å². The first-order valence-corrected chi connectivity index (χ1v) is 6.96. The molecule has 2 heteroatoms. The smallest absolute Gasteiger partial charge is 0.0499 e. The topological polar surface area (TPSA) is 32.3 Å². The lowest BCUT2D eigenvalue weighted by Crippen LogP contribution is -2.49. The van der Waals surface area contributed by atoms with Gasteiger partial charge >= 0.3 is 0 Å². The third kappa shape index (κ3) is 3.46. The molecule has 1 rings (SSSR count). The Kier molecular flexibility index (Phi) is 5.26. The number of rotatable bonds is 6. The molecule has 1 aliphatic carbocycles. The quantitative estimate of drug-likeness (QED) is 0.731. The second-order valence-electron chi connectivity index (χ2n) is 5.84. The van der Waals surface area contributed by atoms with Gasteiger partial charge in [0.15, 0.2) is 0 Å². The van der Waals surface area contributed by atoms with E-state index in [1.165, 1.54) is 32.1 Å². The molecule has 0 heterocycles. The normalized spacial score (nSPS) is 21.0. The van der Waals surface area contributed by atoms with E-state index in [4.69, 9.17) is 0 Å². The first kappa shape index (κ1) is 14.0. The summed E-state index contributed by atoms with van der Waals surface area (Å²) < 4.78 is 0. The summed E-state index contributed by atoms with van der Waals surface area (Å²) in [6, 6.07) is 0. The van der Waals surface area contributed by atoms with Crippen molar-refractivity contribution in [3.05, 3.63) is 0 Å². The Balaban J connectivity index is 2.47. The van der Waals surface area contributed by atoms with Gasteiger partial charge in [0.05, 0.1) is 0 Å². The second kappa shape index (κ2) is 6.02. The molecule has 1 aliphatic rings. The zero-order chi connectivity index (χ0) is 12.1. The van der Waals surface area contributed by atoms with Crippen molar-refractivity contribution in [2.24, 2.45) is 5.41 Å². The predicted molar refractivity (Wildman–Crippen MR) is 69.6 cm³/mol. The second-order valence-corrected chi connectivity index (χ2v) is 5.84. The summed E-state index contributed by atoms with van der Waals surface area (Å²) in [5.74, 6) is 0. The first-order valence-electron chi connectivity index (χ1n) is 6.96.